The summed E-state index contributed by atoms with van der Waals surface area (Å²) in [5.74, 6) is 2.27. The molecule has 0 spiro atoms. The summed E-state index contributed by atoms with van der Waals surface area (Å²) >= 11 is 1.56. The van der Waals surface area contributed by atoms with Gasteiger partial charge in [-0.05, 0) is 55.7 Å². The van der Waals surface area contributed by atoms with Crippen molar-refractivity contribution in [2.24, 2.45) is 0 Å². The lowest BCUT2D eigenvalue weighted by Gasteiger charge is -2.29. The minimum atomic E-state index is -0.536. The number of aryl methyl sites for hydroxylation is 2. The van der Waals surface area contributed by atoms with E-state index in [2.05, 4.69) is 41.8 Å². The summed E-state index contributed by atoms with van der Waals surface area (Å²) in [7, 11) is 3.19. The molecule has 1 aromatic heterocycles. The van der Waals surface area contributed by atoms with Crippen molar-refractivity contribution in [1.82, 2.24) is 14.8 Å². The van der Waals surface area contributed by atoms with E-state index in [1.165, 1.54) is 11.1 Å². The number of amides is 1. The van der Waals surface area contributed by atoms with Crippen molar-refractivity contribution in [2.75, 3.05) is 24.9 Å². The molecule has 39 heavy (non-hydrogen) atoms. The molecule has 0 saturated carbocycles. The molecule has 9 heteroatoms. The van der Waals surface area contributed by atoms with Gasteiger partial charge in [0.1, 0.15) is 6.04 Å². The van der Waals surface area contributed by atoms with E-state index in [1.54, 1.807) is 30.7 Å². The second-order valence-electron chi connectivity index (χ2n) is 9.39. The second-order valence-corrected chi connectivity index (χ2v) is 10.3. The summed E-state index contributed by atoms with van der Waals surface area (Å²) in [5.41, 5.74) is 6.22. The van der Waals surface area contributed by atoms with Gasteiger partial charge in [0, 0.05) is 17.1 Å². The highest BCUT2D eigenvalue weighted by atomic mass is 32.2. The number of methoxy groups -OCH3 is 2. The number of thioether (sulfide) groups is 1. The molecule has 3 aromatic carbocycles. The van der Waals surface area contributed by atoms with Crippen LogP contribution >= 0.6 is 11.8 Å². The zero-order valence-electron chi connectivity index (χ0n) is 22.6. The maximum atomic E-state index is 13.8. The molecule has 1 aliphatic rings. The maximum absolute atomic E-state index is 13.8. The highest BCUT2D eigenvalue weighted by Gasteiger charge is 2.35. The minimum absolute atomic E-state index is 0.218. The van der Waals surface area contributed by atoms with Gasteiger partial charge in [0.15, 0.2) is 11.5 Å². The van der Waals surface area contributed by atoms with Gasteiger partial charge in [-0.1, -0.05) is 65.9 Å². The van der Waals surface area contributed by atoms with Gasteiger partial charge in [0.25, 0.3) is 5.91 Å². The number of nitrogens with zero attached hydrogens (tertiary/aromatic N) is 3. The Morgan fingerprint density at radius 3 is 2.54 bits per heavy atom. The topological polar surface area (TPSA) is 90.3 Å². The SMILES string of the molecule is COc1ccc(C2C(C(=O)Nc3ccccc3C)=C(C)Nc3nc(SCc4cccc(C)c4)nn32)cc1OC. The number of aromatic nitrogens is 3. The Morgan fingerprint density at radius 2 is 1.79 bits per heavy atom. The average molecular weight is 542 g/mol. The third-order valence-electron chi connectivity index (χ3n) is 6.64. The number of ether oxygens (including phenoxy) is 2. The van der Waals surface area contributed by atoms with Crippen molar-refractivity contribution in [3.8, 4) is 11.5 Å². The molecule has 1 amide bonds. The first kappa shape index (κ1) is 26.4. The highest BCUT2D eigenvalue weighted by Crippen LogP contribution is 2.40. The van der Waals surface area contributed by atoms with Gasteiger partial charge in [-0.2, -0.15) is 4.98 Å². The Labute approximate surface area is 232 Å². The van der Waals surface area contributed by atoms with Crippen LogP contribution in [0.25, 0.3) is 0 Å². The standard InChI is InChI=1S/C30H31N5O3S/c1-18-9-8-11-21(15-18)17-39-30-33-29-31-20(3)26(28(36)32-23-12-7-6-10-19(23)2)27(35(29)34-30)22-13-14-24(37-4)25(16-22)38-5/h6-16,27H,17H2,1-5H3,(H,32,36)(H,31,33,34). The summed E-state index contributed by atoms with van der Waals surface area (Å²) in [6.45, 7) is 5.94. The molecule has 0 bridgehead atoms. The van der Waals surface area contributed by atoms with E-state index < -0.39 is 6.04 Å². The van der Waals surface area contributed by atoms with Gasteiger partial charge >= 0.3 is 0 Å². The first-order valence-corrected chi connectivity index (χ1v) is 13.6. The molecule has 0 fully saturated rings. The molecule has 4 aromatic rings. The van der Waals surface area contributed by atoms with Gasteiger partial charge < -0.3 is 20.1 Å². The van der Waals surface area contributed by atoms with E-state index in [9.17, 15) is 4.79 Å². The third kappa shape index (κ3) is 5.49. The van der Waals surface area contributed by atoms with Crippen LogP contribution in [0.2, 0.25) is 0 Å². The van der Waals surface area contributed by atoms with Crippen LogP contribution in [0.15, 0.2) is 83.2 Å². The monoisotopic (exact) mass is 541 g/mol. The Morgan fingerprint density at radius 1 is 1.00 bits per heavy atom. The lowest BCUT2D eigenvalue weighted by atomic mass is 9.94. The molecule has 0 saturated heterocycles. The van der Waals surface area contributed by atoms with Gasteiger partial charge in [0.2, 0.25) is 11.1 Å². The summed E-state index contributed by atoms with van der Waals surface area (Å²) in [6, 6.07) is 21.2. The molecule has 1 aliphatic heterocycles. The number of nitrogens with one attached hydrogen (secondary N) is 2. The number of rotatable bonds is 8. The van der Waals surface area contributed by atoms with Gasteiger partial charge in [-0.15, -0.1) is 5.10 Å². The van der Waals surface area contributed by atoms with E-state index in [0.717, 1.165) is 22.6 Å². The number of benzene rings is 3. The molecule has 1 atom stereocenters. The number of fused-ring (bicyclic) bond motifs is 1. The van der Waals surface area contributed by atoms with Crippen molar-refractivity contribution < 1.29 is 14.3 Å². The summed E-state index contributed by atoms with van der Waals surface area (Å²) < 4.78 is 12.8. The molecule has 8 nitrogen and oxygen atoms in total. The first-order valence-electron chi connectivity index (χ1n) is 12.6. The smallest absolute Gasteiger partial charge is 0.255 e. The molecule has 1 unspecified atom stereocenters. The molecule has 2 N–H and O–H groups in total. The normalized spacial score (nSPS) is 14.4. The predicted molar refractivity (Wildman–Crippen MR) is 155 cm³/mol. The molecule has 0 radical (unpaired) electrons. The van der Waals surface area contributed by atoms with E-state index in [-0.39, 0.29) is 5.91 Å². The lowest BCUT2D eigenvalue weighted by molar-refractivity contribution is -0.113. The Hall–Kier alpha value is -4.24. The summed E-state index contributed by atoms with van der Waals surface area (Å²) in [6.07, 6.45) is 0. The average Bonchev–Trinajstić information content (AvgIpc) is 3.34. The molecule has 2 heterocycles. The van der Waals surface area contributed by atoms with Crippen LogP contribution in [0, 0.1) is 13.8 Å². The zero-order valence-corrected chi connectivity index (χ0v) is 23.4. The fourth-order valence-corrected chi connectivity index (χ4v) is 5.44. The fourth-order valence-electron chi connectivity index (χ4n) is 4.67. The van der Waals surface area contributed by atoms with Crippen molar-refractivity contribution in [2.45, 2.75) is 37.7 Å². The minimum Gasteiger partial charge on any atom is -0.493 e. The van der Waals surface area contributed by atoms with Crippen LogP contribution < -0.4 is 20.1 Å². The van der Waals surface area contributed by atoms with E-state index in [4.69, 9.17) is 19.6 Å². The number of hydrogen-bond acceptors (Lipinski definition) is 7. The quantitative estimate of drug-likeness (QED) is 0.259. The zero-order chi connectivity index (χ0) is 27.5. The number of hydrogen-bond donors (Lipinski definition) is 2. The van der Waals surface area contributed by atoms with Crippen molar-refractivity contribution >= 4 is 29.3 Å². The van der Waals surface area contributed by atoms with Crippen LogP contribution in [-0.4, -0.2) is 34.9 Å². The lowest BCUT2D eigenvalue weighted by Crippen LogP contribution is -2.31. The molecular formula is C30H31N5O3S. The molecule has 0 aliphatic carbocycles. The number of para-hydroxylation sites is 1. The van der Waals surface area contributed by atoms with E-state index in [0.29, 0.717) is 33.9 Å². The van der Waals surface area contributed by atoms with Crippen LogP contribution in [0.3, 0.4) is 0 Å². The maximum Gasteiger partial charge on any atom is 0.255 e. The molecule has 200 valence electrons. The van der Waals surface area contributed by atoms with E-state index in [1.807, 2.05) is 56.3 Å². The highest BCUT2D eigenvalue weighted by molar-refractivity contribution is 7.98. The van der Waals surface area contributed by atoms with Crippen molar-refractivity contribution in [1.29, 1.82) is 0 Å². The van der Waals surface area contributed by atoms with Crippen LogP contribution in [0.4, 0.5) is 11.6 Å². The summed E-state index contributed by atoms with van der Waals surface area (Å²) in [5, 5.41) is 11.9. The Bertz CT molecular complexity index is 1560. The van der Waals surface area contributed by atoms with Crippen LogP contribution in [0.1, 0.15) is 35.2 Å². The van der Waals surface area contributed by atoms with Gasteiger partial charge in [-0.3, -0.25) is 4.79 Å². The second kappa shape index (κ2) is 11.2. The number of carbonyl (C=O) groups excluding carboxylic acids is 1. The largest absolute Gasteiger partial charge is 0.493 e. The fraction of sp³-hybridized carbons (Fsp3) is 0.233. The Balaban J connectivity index is 1.54. The number of anilines is 2. The van der Waals surface area contributed by atoms with Crippen molar-refractivity contribution in [3.05, 3.63) is 100 Å². The van der Waals surface area contributed by atoms with Gasteiger partial charge in [0.05, 0.1) is 19.8 Å². The van der Waals surface area contributed by atoms with Crippen molar-refractivity contribution in [3.63, 3.8) is 0 Å². The first-order chi connectivity index (χ1) is 18.9. The predicted octanol–water partition coefficient (Wildman–Crippen LogP) is 6.13. The summed E-state index contributed by atoms with van der Waals surface area (Å²) in [4.78, 5) is 18.6. The Kier molecular flexibility index (Phi) is 7.60. The third-order valence-corrected chi connectivity index (χ3v) is 7.55. The van der Waals surface area contributed by atoms with E-state index >= 15 is 0 Å². The number of carbonyl (C=O) groups is 1. The van der Waals surface area contributed by atoms with Crippen LogP contribution in [-0.2, 0) is 10.5 Å². The molecular weight excluding hydrogens is 510 g/mol. The van der Waals surface area contributed by atoms with Gasteiger partial charge in [-0.25, -0.2) is 4.68 Å². The molecule has 5 rings (SSSR count). The van der Waals surface area contributed by atoms with Crippen LogP contribution in [0.5, 0.6) is 11.5 Å². The number of allylic oxidation sites excluding steroid dienone is 1.